The molecule has 3 rings (SSSR count). The lowest BCUT2D eigenvalue weighted by molar-refractivity contribution is 0.0785. The van der Waals surface area contributed by atoms with Crippen LogP contribution in [0.2, 0.25) is 0 Å². The van der Waals surface area contributed by atoms with Crippen molar-refractivity contribution in [1.82, 2.24) is 14.6 Å². The number of amides is 1. The minimum atomic E-state index is -3.61. The van der Waals surface area contributed by atoms with Gasteiger partial charge in [0.25, 0.3) is 5.91 Å². The Balaban J connectivity index is 1.74. The molecule has 1 fully saturated rings. The van der Waals surface area contributed by atoms with E-state index < -0.39 is 10.0 Å². The van der Waals surface area contributed by atoms with Crippen LogP contribution in [0.3, 0.4) is 0 Å². The van der Waals surface area contributed by atoms with Crippen molar-refractivity contribution in [2.75, 3.05) is 7.05 Å². The zero-order chi connectivity index (χ0) is 18.6. The normalized spacial score (nSPS) is 15.1. The molecule has 0 aliphatic heterocycles. The summed E-state index contributed by atoms with van der Waals surface area (Å²) < 4.78 is 27.9. The van der Waals surface area contributed by atoms with Crippen molar-refractivity contribution >= 4 is 15.9 Å². The molecule has 26 heavy (non-hydrogen) atoms. The molecule has 1 N–H and O–H groups in total. The molecule has 0 bridgehead atoms. The van der Waals surface area contributed by atoms with Crippen LogP contribution in [0, 0.1) is 0 Å². The van der Waals surface area contributed by atoms with Gasteiger partial charge < -0.3 is 4.90 Å². The lowest BCUT2D eigenvalue weighted by atomic mass is 10.2. The number of pyridine rings is 1. The zero-order valence-corrected chi connectivity index (χ0v) is 15.6. The van der Waals surface area contributed by atoms with Crippen molar-refractivity contribution in [2.45, 2.75) is 43.2 Å². The Kier molecular flexibility index (Phi) is 5.68. The number of carbonyl (C=O) groups excluding carboxylic acids is 1. The van der Waals surface area contributed by atoms with E-state index in [2.05, 4.69) is 9.71 Å². The van der Waals surface area contributed by atoms with Crippen molar-refractivity contribution in [3.8, 4) is 0 Å². The Bertz CT molecular complexity index is 863. The van der Waals surface area contributed by atoms with E-state index in [1.165, 1.54) is 12.1 Å². The number of hydrogen-bond donors (Lipinski definition) is 1. The standard InChI is InChI=1S/C19H23N3O3S/c1-22(14-15-9-11-20-12-10-15)19(23)16-5-4-8-18(13-16)26(24,25)21-17-6-2-3-7-17/h4-5,8-13,17,21H,2-3,6-7,14H2,1H3. The summed E-state index contributed by atoms with van der Waals surface area (Å²) in [5.41, 5.74) is 1.32. The lowest BCUT2D eigenvalue weighted by Gasteiger charge is -2.18. The van der Waals surface area contributed by atoms with Crippen LogP contribution in [0.4, 0.5) is 0 Å². The van der Waals surface area contributed by atoms with Crippen LogP contribution in [0.15, 0.2) is 53.7 Å². The molecule has 0 saturated heterocycles. The van der Waals surface area contributed by atoms with Gasteiger partial charge in [-0.1, -0.05) is 18.9 Å². The molecule has 2 aromatic rings. The molecule has 0 atom stereocenters. The summed E-state index contributed by atoms with van der Waals surface area (Å²) in [6, 6.07) is 9.90. The molecule has 7 heteroatoms. The third-order valence-corrected chi connectivity index (χ3v) is 6.10. The van der Waals surface area contributed by atoms with Crippen LogP contribution in [0.25, 0.3) is 0 Å². The fourth-order valence-corrected chi connectivity index (χ4v) is 4.53. The predicted molar refractivity (Wildman–Crippen MR) is 99.1 cm³/mol. The maximum atomic E-state index is 12.7. The van der Waals surface area contributed by atoms with Gasteiger partial charge in [-0.2, -0.15) is 0 Å². The molecule has 1 aliphatic carbocycles. The molecule has 6 nitrogen and oxygen atoms in total. The Labute approximate surface area is 154 Å². The van der Waals surface area contributed by atoms with Gasteiger partial charge in [0.1, 0.15) is 0 Å². The number of nitrogens with zero attached hydrogens (tertiary/aromatic N) is 2. The summed E-state index contributed by atoms with van der Waals surface area (Å²) in [7, 11) is -1.92. The summed E-state index contributed by atoms with van der Waals surface area (Å²) in [4.78, 5) is 18.3. The monoisotopic (exact) mass is 373 g/mol. The molecular weight excluding hydrogens is 350 g/mol. The second kappa shape index (κ2) is 7.97. The van der Waals surface area contributed by atoms with Crippen LogP contribution in [0.5, 0.6) is 0 Å². The van der Waals surface area contributed by atoms with Gasteiger partial charge in [-0.05, 0) is 48.7 Å². The average molecular weight is 373 g/mol. The van der Waals surface area contributed by atoms with Gasteiger partial charge >= 0.3 is 0 Å². The highest BCUT2D eigenvalue weighted by Gasteiger charge is 2.24. The van der Waals surface area contributed by atoms with Crippen LogP contribution in [-0.4, -0.2) is 37.3 Å². The molecular formula is C19H23N3O3S. The molecule has 0 spiro atoms. The van der Waals surface area contributed by atoms with Crippen molar-refractivity contribution in [3.05, 3.63) is 59.9 Å². The summed E-state index contributed by atoms with van der Waals surface area (Å²) >= 11 is 0. The minimum Gasteiger partial charge on any atom is -0.337 e. The molecule has 0 radical (unpaired) electrons. The van der Waals surface area contributed by atoms with Crippen molar-refractivity contribution in [1.29, 1.82) is 0 Å². The number of nitrogens with one attached hydrogen (secondary N) is 1. The minimum absolute atomic E-state index is 0.00581. The summed E-state index contributed by atoms with van der Waals surface area (Å²) in [6.07, 6.45) is 7.18. The van der Waals surface area contributed by atoms with Gasteiger partial charge in [-0.15, -0.1) is 0 Å². The van der Waals surface area contributed by atoms with Gasteiger partial charge in [0.15, 0.2) is 0 Å². The second-order valence-corrected chi connectivity index (χ2v) is 8.36. The summed E-state index contributed by atoms with van der Waals surface area (Å²) in [5, 5.41) is 0. The largest absolute Gasteiger partial charge is 0.337 e. The first-order chi connectivity index (χ1) is 12.5. The highest BCUT2D eigenvalue weighted by Crippen LogP contribution is 2.21. The van der Waals surface area contributed by atoms with E-state index in [-0.39, 0.29) is 16.8 Å². The summed E-state index contributed by atoms with van der Waals surface area (Å²) in [6.45, 7) is 0.429. The Morgan fingerprint density at radius 2 is 1.88 bits per heavy atom. The first kappa shape index (κ1) is 18.5. The highest BCUT2D eigenvalue weighted by atomic mass is 32.2. The Morgan fingerprint density at radius 1 is 1.19 bits per heavy atom. The van der Waals surface area contributed by atoms with Gasteiger partial charge in [0.2, 0.25) is 10.0 Å². The number of sulfonamides is 1. The SMILES string of the molecule is CN(Cc1ccncc1)C(=O)c1cccc(S(=O)(=O)NC2CCCC2)c1. The molecule has 1 amide bonds. The average Bonchev–Trinajstić information content (AvgIpc) is 3.14. The first-order valence-electron chi connectivity index (χ1n) is 8.72. The van der Waals surface area contributed by atoms with E-state index in [9.17, 15) is 13.2 Å². The molecule has 1 aliphatic rings. The van der Waals surface area contributed by atoms with E-state index >= 15 is 0 Å². The molecule has 1 aromatic heterocycles. The Morgan fingerprint density at radius 3 is 2.58 bits per heavy atom. The molecule has 1 heterocycles. The van der Waals surface area contributed by atoms with Crippen molar-refractivity contribution in [3.63, 3.8) is 0 Å². The van der Waals surface area contributed by atoms with E-state index in [1.54, 1.807) is 36.5 Å². The molecule has 1 saturated carbocycles. The molecule has 1 aromatic carbocycles. The van der Waals surface area contributed by atoms with Crippen LogP contribution in [0.1, 0.15) is 41.6 Å². The lowest BCUT2D eigenvalue weighted by Crippen LogP contribution is -2.33. The third-order valence-electron chi connectivity index (χ3n) is 4.58. The fourth-order valence-electron chi connectivity index (χ4n) is 3.18. The number of benzene rings is 1. The fraction of sp³-hybridized carbons (Fsp3) is 0.368. The van der Waals surface area contributed by atoms with Crippen molar-refractivity contribution in [2.24, 2.45) is 0 Å². The van der Waals surface area contributed by atoms with Gasteiger partial charge in [-0.3, -0.25) is 9.78 Å². The second-order valence-electron chi connectivity index (χ2n) is 6.65. The van der Waals surface area contributed by atoms with E-state index in [4.69, 9.17) is 0 Å². The first-order valence-corrected chi connectivity index (χ1v) is 10.2. The Hall–Kier alpha value is -2.25. The van der Waals surface area contributed by atoms with Crippen molar-refractivity contribution < 1.29 is 13.2 Å². The zero-order valence-electron chi connectivity index (χ0n) is 14.8. The molecule has 0 unspecified atom stereocenters. The van der Waals surface area contributed by atoms with Crippen LogP contribution >= 0.6 is 0 Å². The number of carbonyl (C=O) groups is 1. The molecule has 138 valence electrons. The van der Waals surface area contributed by atoms with Gasteiger partial charge in [0, 0.05) is 37.6 Å². The van der Waals surface area contributed by atoms with E-state index in [1.807, 2.05) is 12.1 Å². The van der Waals surface area contributed by atoms with Gasteiger partial charge in [0.05, 0.1) is 4.90 Å². The number of rotatable bonds is 6. The topological polar surface area (TPSA) is 79.4 Å². The maximum Gasteiger partial charge on any atom is 0.253 e. The summed E-state index contributed by atoms with van der Waals surface area (Å²) in [5.74, 6) is -0.222. The maximum absolute atomic E-state index is 12.7. The van der Waals surface area contributed by atoms with Crippen LogP contribution in [-0.2, 0) is 16.6 Å². The quantitative estimate of drug-likeness (QED) is 0.844. The smallest absolute Gasteiger partial charge is 0.253 e. The third kappa shape index (κ3) is 4.47. The number of hydrogen-bond acceptors (Lipinski definition) is 4. The van der Waals surface area contributed by atoms with E-state index in [0.29, 0.717) is 12.1 Å². The van der Waals surface area contributed by atoms with Crippen LogP contribution < -0.4 is 4.72 Å². The van der Waals surface area contributed by atoms with E-state index in [0.717, 1.165) is 31.2 Å². The van der Waals surface area contributed by atoms with Gasteiger partial charge in [-0.25, -0.2) is 13.1 Å². The highest BCUT2D eigenvalue weighted by molar-refractivity contribution is 7.89. The number of aromatic nitrogens is 1. The predicted octanol–water partition coefficient (Wildman–Crippen LogP) is 2.57.